The SMILES string of the molecule is CCCCCC=CCCCC(NC(=O)OC(C)(C)C)C(=O)OC. The van der Waals surface area contributed by atoms with E-state index in [1.54, 1.807) is 20.8 Å². The molecule has 1 atom stereocenters. The van der Waals surface area contributed by atoms with Gasteiger partial charge in [0.1, 0.15) is 11.6 Å². The molecule has 0 radical (unpaired) electrons. The summed E-state index contributed by atoms with van der Waals surface area (Å²) < 4.78 is 9.91. The summed E-state index contributed by atoms with van der Waals surface area (Å²) in [4.78, 5) is 23.5. The normalized spacial score (nSPS) is 12.9. The second kappa shape index (κ2) is 12.0. The van der Waals surface area contributed by atoms with Crippen LogP contribution in [0.5, 0.6) is 0 Å². The highest BCUT2D eigenvalue weighted by Gasteiger charge is 2.24. The van der Waals surface area contributed by atoms with Gasteiger partial charge in [-0.05, 0) is 52.9 Å². The summed E-state index contributed by atoms with van der Waals surface area (Å²) in [5.74, 6) is -0.442. The number of unbranched alkanes of at least 4 members (excludes halogenated alkanes) is 4. The van der Waals surface area contributed by atoms with Gasteiger partial charge in [0, 0.05) is 0 Å². The first-order chi connectivity index (χ1) is 10.8. The molecule has 0 fully saturated rings. The highest BCUT2D eigenvalue weighted by Crippen LogP contribution is 2.09. The Balaban J connectivity index is 4.16. The fourth-order valence-electron chi connectivity index (χ4n) is 2.03. The van der Waals surface area contributed by atoms with Crippen LogP contribution >= 0.6 is 0 Å². The number of carbonyl (C=O) groups is 2. The molecule has 1 amide bonds. The number of rotatable bonds is 10. The maximum atomic E-state index is 11.8. The molecule has 5 heteroatoms. The molecule has 0 bridgehead atoms. The molecule has 0 aromatic carbocycles. The van der Waals surface area contributed by atoms with Crippen LogP contribution in [0, 0.1) is 0 Å². The Morgan fingerprint density at radius 1 is 1.09 bits per heavy atom. The van der Waals surface area contributed by atoms with Gasteiger partial charge in [-0.1, -0.05) is 31.9 Å². The smallest absolute Gasteiger partial charge is 0.408 e. The zero-order chi connectivity index (χ0) is 17.7. The third kappa shape index (κ3) is 12.7. The lowest BCUT2D eigenvalue weighted by atomic mass is 10.1. The lowest BCUT2D eigenvalue weighted by Gasteiger charge is -2.22. The fraction of sp³-hybridized carbons (Fsp3) is 0.778. The Bertz CT molecular complexity index is 372. The zero-order valence-electron chi connectivity index (χ0n) is 15.3. The van der Waals surface area contributed by atoms with Gasteiger partial charge in [-0.3, -0.25) is 0 Å². The van der Waals surface area contributed by atoms with Gasteiger partial charge in [0.05, 0.1) is 7.11 Å². The Hall–Kier alpha value is -1.52. The highest BCUT2D eigenvalue weighted by molar-refractivity contribution is 5.81. The lowest BCUT2D eigenvalue weighted by Crippen LogP contribution is -2.44. The Kier molecular flexibility index (Phi) is 11.2. The third-order valence-corrected chi connectivity index (χ3v) is 3.18. The van der Waals surface area contributed by atoms with Crippen LogP contribution in [0.4, 0.5) is 4.79 Å². The largest absolute Gasteiger partial charge is 0.467 e. The molecule has 0 aromatic heterocycles. The lowest BCUT2D eigenvalue weighted by molar-refractivity contribution is -0.143. The van der Waals surface area contributed by atoms with Gasteiger partial charge in [0.25, 0.3) is 0 Å². The van der Waals surface area contributed by atoms with Crippen LogP contribution in [0.25, 0.3) is 0 Å². The van der Waals surface area contributed by atoms with E-state index in [2.05, 4.69) is 24.4 Å². The molecule has 0 spiro atoms. The Labute approximate surface area is 140 Å². The van der Waals surface area contributed by atoms with E-state index >= 15 is 0 Å². The molecule has 0 aliphatic rings. The van der Waals surface area contributed by atoms with E-state index in [-0.39, 0.29) is 0 Å². The van der Waals surface area contributed by atoms with Gasteiger partial charge in [-0.15, -0.1) is 0 Å². The van der Waals surface area contributed by atoms with Crippen LogP contribution in [-0.4, -0.2) is 30.8 Å². The first-order valence-corrected chi connectivity index (χ1v) is 8.52. The molecule has 1 N–H and O–H groups in total. The van der Waals surface area contributed by atoms with Crippen molar-refractivity contribution in [1.82, 2.24) is 5.32 Å². The zero-order valence-corrected chi connectivity index (χ0v) is 15.3. The van der Waals surface area contributed by atoms with Gasteiger partial charge in [-0.2, -0.15) is 0 Å². The van der Waals surface area contributed by atoms with Crippen LogP contribution in [0.2, 0.25) is 0 Å². The highest BCUT2D eigenvalue weighted by atomic mass is 16.6. The van der Waals surface area contributed by atoms with E-state index in [0.717, 1.165) is 19.3 Å². The maximum absolute atomic E-state index is 11.8. The minimum Gasteiger partial charge on any atom is -0.467 e. The molecule has 0 rings (SSSR count). The average Bonchev–Trinajstić information content (AvgIpc) is 2.46. The van der Waals surface area contributed by atoms with Crippen molar-refractivity contribution < 1.29 is 19.1 Å². The third-order valence-electron chi connectivity index (χ3n) is 3.18. The summed E-state index contributed by atoms with van der Waals surface area (Å²) in [6.45, 7) is 7.53. The van der Waals surface area contributed by atoms with Crippen molar-refractivity contribution >= 4 is 12.1 Å². The summed E-state index contributed by atoms with van der Waals surface area (Å²) in [6, 6.07) is -0.664. The maximum Gasteiger partial charge on any atom is 0.408 e. The van der Waals surface area contributed by atoms with Crippen molar-refractivity contribution in [2.75, 3.05) is 7.11 Å². The van der Waals surface area contributed by atoms with E-state index in [0.29, 0.717) is 6.42 Å². The molecule has 0 aliphatic heterocycles. The van der Waals surface area contributed by atoms with Crippen molar-refractivity contribution in [3.05, 3.63) is 12.2 Å². The standard InChI is InChI=1S/C18H33NO4/c1-6-7-8-9-10-11-12-13-14-15(16(20)22-5)19-17(21)23-18(2,3)4/h10-11,15H,6-9,12-14H2,1-5H3,(H,19,21). The number of carbonyl (C=O) groups excluding carboxylic acids is 2. The molecule has 1 unspecified atom stereocenters. The van der Waals surface area contributed by atoms with Crippen LogP contribution in [0.3, 0.4) is 0 Å². The number of nitrogens with one attached hydrogen (secondary N) is 1. The molecule has 23 heavy (non-hydrogen) atoms. The second-order valence-corrected chi connectivity index (χ2v) is 6.62. The number of alkyl carbamates (subject to hydrolysis) is 1. The minimum absolute atomic E-state index is 0.442. The Morgan fingerprint density at radius 2 is 1.70 bits per heavy atom. The Morgan fingerprint density at radius 3 is 2.22 bits per heavy atom. The molecule has 0 saturated heterocycles. The van der Waals surface area contributed by atoms with Crippen LogP contribution in [-0.2, 0) is 14.3 Å². The topological polar surface area (TPSA) is 64.6 Å². The van der Waals surface area contributed by atoms with Gasteiger partial charge in [0.15, 0.2) is 0 Å². The average molecular weight is 327 g/mol. The summed E-state index contributed by atoms with van der Waals surface area (Å²) in [5, 5.41) is 2.58. The van der Waals surface area contributed by atoms with Crippen LogP contribution in [0.15, 0.2) is 12.2 Å². The number of ether oxygens (including phenoxy) is 2. The first kappa shape index (κ1) is 21.5. The predicted molar refractivity (Wildman–Crippen MR) is 92.3 cm³/mol. The molecule has 0 aliphatic carbocycles. The second-order valence-electron chi connectivity index (χ2n) is 6.62. The van der Waals surface area contributed by atoms with E-state index in [1.165, 1.54) is 26.4 Å². The minimum atomic E-state index is -0.664. The number of hydrogen-bond donors (Lipinski definition) is 1. The van der Waals surface area contributed by atoms with E-state index < -0.39 is 23.7 Å². The van der Waals surface area contributed by atoms with Crippen LogP contribution in [0.1, 0.15) is 72.6 Å². The molecule has 0 aromatic rings. The molecule has 0 heterocycles. The molecular weight excluding hydrogens is 294 g/mol. The van der Waals surface area contributed by atoms with Crippen molar-refractivity contribution in [1.29, 1.82) is 0 Å². The van der Waals surface area contributed by atoms with E-state index in [4.69, 9.17) is 9.47 Å². The van der Waals surface area contributed by atoms with Crippen LogP contribution < -0.4 is 5.32 Å². The van der Waals surface area contributed by atoms with Gasteiger partial charge < -0.3 is 14.8 Å². The molecular formula is C18H33NO4. The van der Waals surface area contributed by atoms with Crippen molar-refractivity contribution in [2.24, 2.45) is 0 Å². The summed E-state index contributed by atoms with van der Waals surface area (Å²) in [6.07, 6.45) is 10.8. The number of methoxy groups -OCH3 is 1. The fourth-order valence-corrected chi connectivity index (χ4v) is 2.03. The summed E-state index contributed by atoms with van der Waals surface area (Å²) >= 11 is 0. The summed E-state index contributed by atoms with van der Waals surface area (Å²) in [5.41, 5.74) is -0.591. The summed E-state index contributed by atoms with van der Waals surface area (Å²) in [7, 11) is 1.32. The molecule has 134 valence electrons. The van der Waals surface area contributed by atoms with Gasteiger partial charge >= 0.3 is 12.1 Å². The van der Waals surface area contributed by atoms with Crippen molar-refractivity contribution in [3.8, 4) is 0 Å². The molecule has 5 nitrogen and oxygen atoms in total. The van der Waals surface area contributed by atoms with Crippen molar-refractivity contribution in [2.45, 2.75) is 84.3 Å². The predicted octanol–water partition coefficient (Wildman–Crippen LogP) is 4.36. The van der Waals surface area contributed by atoms with Gasteiger partial charge in [0.2, 0.25) is 0 Å². The molecule has 0 saturated carbocycles. The number of hydrogen-bond acceptors (Lipinski definition) is 4. The number of amides is 1. The number of esters is 1. The number of allylic oxidation sites excluding steroid dienone is 2. The first-order valence-electron chi connectivity index (χ1n) is 8.52. The van der Waals surface area contributed by atoms with Crippen molar-refractivity contribution in [3.63, 3.8) is 0 Å². The van der Waals surface area contributed by atoms with Gasteiger partial charge in [-0.25, -0.2) is 9.59 Å². The van der Waals surface area contributed by atoms with E-state index in [9.17, 15) is 9.59 Å². The monoisotopic (exact) mass is 327 g/mol. The quantitative estimate of drug-likeness (QED) is 0.368. The van der Waals surface area contributed by atoms with E-state index in [1.807, 2.05) is 0 Å².